The molecule has 47 heavy (non-hydrogen) atoms. The van der Waals surface area contributed by atoms with Gasteiger partial charge in [0.25, 0.3) is 0 Å². The SMILES string of the molecule is c1ccc(-c2ccc(-c3ccc(N(c4ccccc4)c4ccc(-c5ccc6cccc(-c7ccccc7)c6c5)cc4)cc3)cc2)cc1. The van der Waals surface area contributed by atoms with Crippen molar-refractivity contribution in [2.24, 2.45) is 0 Å². The highest BCUT2D eigenvalue weighted by atomic mass is 15.1. The molecule has 0 radical (unpaired) electrons. The molecule has 8 rings (SSSR count). The monoisotopic (exact) mass is 599 g/mol. The lowest BCUT2D eigenvalue weighted by molar-refractivity contribution is 1.28. The molecule has 1 nitrogen and oxygen atoms in total. The van der Waals surface area contributed by atoms with E-state index in [4.69, 9.17) is 0 Å². The molecule has 8 aromatic carbocycles. The van der Waals surface area contributed by atoms with Gasteiger partial charge < -0.3 is 4.90 Å². The number of nitrogens with zero attached hydrogens (tertiary/aromatic N) is 1. The van der Waals surface area contributed by atoms with Crippen LogP contribution in [0.1, 0.15) is 0 Å². The second kappa shape index (κ2) is 12.7. The molecule has 0 bridgehead atoms. The molecule has 0 aliphatic rings. The molecule has 0 N–H and O–H groups in total. The maximum absolute atomic E-state index is 2.33. The summed E-state index contributed by atoms with van der Waals surface area (Å²) in [5.74, 6) is 0. The van der Waals surface area contributed by atoms with E-state index in [-0.39, 0.29) is 0 Å². The standard InChI is InChI=1S/C46H33N/c1-4-11-34(12-5-1)35-19-21-36(22-20-35)37-25-29-43(30-26-37)47(42-16-8-3-9-17-42)44-31-27-38(28-32-44)41-24-23-40-15-10-18-45(46(40)33-41)39-13-6-2-7-14-39/h1-33H. The zero-order chi connectivity index (χ0) is 31.4. The van der Waals surface area contributed by atoms with Crippen molar-refractivity contribution in [1.82, 2.24) is 0 Å². The van der Waals surface area contributed by atoms with Gasteiger partial charge in [-0.3, -0.25) is 0 Å². The fourth-order valence-corrected chi connectivity index (χ4v) is 6.44. The molecular weight excluding hydrogens is 567 g/mol. The van der Waals surface area contributed by atoms with E-state index in [0.717, 1.165) is 17.1 Å². The zero-order valence-electron chi connectivity index (χ0n) is 26.0. The van der Waals surface area contributed by atoms with Crippen molar-refractivity contribution in [2.75, 3.05) is 4.90 Å². The average molecular weight is 600 g/mol. The molecule has 0 saturated heterocycles. The molecule has 8 aromatic rings. The molecule has 0 saturated carbocycles. The summed E-state index contributed by atoms with van der Waals surface area (Å²) < 4.78 is 0. The summed E-state index contributed by atoms with van der Waals surface area (Å²) in [4.78, 5) is 2.32. The van der Waals surface area contributed by atoms with Gasteiger partial charge >= 0.3 is 0 Å². The summed E-state index contributed by atoms with van der Waals surface area (Å²) in [7, 11) is 0. The van der Waals surface area contributed by atoms with Crippen molar-refractivity contribution in [3.63, 3.8) is 0 Å². The molecule has 0 unspecified atom stereocenters. The zero-order valence-corrected chi connectivity index (χ0v) is 26.0. The van der Waals surface area contributed by atoms with Gasteiger partial charge in [0.05, 0.1) is 0 Å². The van der Waals surface area contributed by atoms with Crippen molar-refractivity contribution >= 4 is 27.8 Å². The van der Waals surface area contributed by atoms with Gasteiger partial charge in [-0.1, -0.05) is 158 Å². The second-order valence-electron chi connectivity index (χ2n) is 11.8. The van der Waals surface area contributed by atoms with E-state index in [1.807, 2.05) is 0 Å². The van der Waals surface area contributed by atoms with E-state index in [2.05, 4.69) is 205 Å². The van der Waals surface area contributed by atoms with Crippen LogP contribution in [0.3, 0.4) is 0 Å². The third-order valence-corrected chi connectivity index (χ3v) is 8.89. The summed E-state index contributed by atoms with van der Waals surface area (Å²) in [6.07, 6.45) is 0. The number of fused-ring (bicyclic) bond motifs is 1. The average Bonchev–Trinajstić information content (AvgIpc) is 3.16. The Morgan fingerprint density at radius 2 is 0.660 bits per heavy atom. The van der Waals surface area contributed by atoms with Crippen LogP contribution >= 0.6 is 0 Å². The van der Waals surface area contributed by atoms with Crippen molar-refractivity contribution in [1.29, 1.82) is 0 Å². The Balaban J connectivity index is 1.10. The molecule has 0 aliphatic heterocycles. The van der Waals surface area contributed by atoms with E-state index < -0.39 is 0 Å². The Morgan fingerprint density at radius 1 is 0.255 bits per heavy atom. The minimum Gasteiger partial charge on any atom is -0.311 e. The van der Waals surface area contributed by atoms with Crippen molar-refractivity contribution < 1.29 is 0 Å². The lowest BCUT2D eigenvalue weighted by Crippen LogP contribution is -2.09. The minimum atomic E-state index is 1.12. The van der Waals surface area contributed by atoms with Crippen LogP contribution in [0.25, 0.3) is 55.3 Å². The van der Waals surface area contributed by atoms with Gasteiger partial charge in [0.2, 0.25) is 0 Å². The molecule has 0 fully saturated rings. The highest BCUT2D eigenvalue weighted by Crippen LogP contribution is 2.38. The van der Waals surface area contributed by atoms with E-state index in [1.54, 1.807) is 0 Å². The van der Waals surface area contributed by atoms with Crippen LogP contribution in [0.15, 0.2) is 200 Å². The molecular formula is C46H33N. The minimum absolute atomic E-state index is 1.12. The highest BCUT2D eigenvalue weighted by molar-refractivity contribution is 5.99. The van der Waals surface area contributed by atoms with Gasteiger partial charge in [0.1, 0.15) is 0 Å². The Kier molecular flexibility index (Phi) is 7.63. The van der Waals surface area contributed by atoms with Gasteiger partial charge in [-0.2, -0.15) is 0 Å². The summed E-state index contributed by atoms with van der Waals surface area (Å²) in [6.45, 7) is 0. The van der Waals surface area contributed by atoms with Crippen molar-refractivity contribution in [3.8, 4) is 44.5 Å². The van der Waals surface area contributed by atoms with Crippen molar-refractivity contribution in [3.05, 3.63) is 200 Å². The van der Waals surface area contributed by atoms with Crippen LogP contribution in [-0.4, -0.2) is 0 Å². The van der Waals surface area contributed by atoms with Gasteiger partial charge in [-0.15, -0.1) is 0 Å². The quantitative estimate of drug-likeness (QED) is 0.176. The van der Waals surface area contributed by atoms with Crippen LogP contribution in [0, 0.1) is 0 Å². The predicted molar refractivity (Wildman–Crippen MR) is 200 cm³/mol. The Labute approximate surface area is 276 Å². The normalized spacial score (nSPS) is 11.0. The third kappa shape index (κ3) is 5.83. The summed E-state index contributed by atoms with van der Waals surface area (Å²) >= 11 is 0. The second-order valence-corrected chi connectivity index (χ2v) is 11.8. The Morgan fingerprint density at radius 3 is 1.21 bits per heavy atom. The van der Waals surface area contributed by atoms with Crippen LogP contribution in [0.2, 0.25) is 0 Å². The van der Waals surface area contributed by atoms with E-state index in [9.17, 15) is 0 Å². The van der Waals surface area contributed by atoms with Crippen LogP contribution in [-0.2, 0) is 0 Å². The maximum atomic E-state index is 2.33. The smallest absolute Gasteiger partial charge is 0.0462 e. The number of rotatable bonds is 7. The third-order valence-electron chi connectivity index (χ3n) is 8.89. The molecule has 0 aromatic heterocycles. The number of hydrogen-bond acceptors (Lipinski definition) is 1. The largest absolute Gasteiger partial charge is 0.311 e. The van der Waals surface area contributed by atoms with Crippen LogP contribution in [0.5, 0.6) is 0 Å². The Hall–Kier alpha value is -6.18. The van der Waals surface area contributed by atoms with Gasteiger partial charge in [-0.05, 0) is 97.7 Å². The maximum Gasteiger partial charge on any atom is 0.0462 e. The topological polar surface area (TPSA) is 3.24 Å². The van der Waals surface area contributed by atoms with Crippen molar-refractivity contribution in [2.45, 2.75) is 0 Å². The Bertz CT molecular complexity index is 2240. The number of para-hydroxylation sites is 1. The summed E-state index contributed by atoms with van der Waals surface area (Å²) in [6, 6.07) is 71.7. The fraction of sp³-hybridized carbons (Fsp3) is 0. The molecule has 0 heterocycles. The van der Waals surface area contributed by atoms with E-state index in [1.165, 1.54) is 55.3 Å². The number of hydrogen-bond donors (Lipinski definition) is 0. The van der Waals surface area contributed by atoms with Crippen LogP contribution in [0.4, 0.5) is 17.1 Å². The first kappa shape index (κ1) is 28.3. The summed E-state index contributed by atoms with van der Waals surface area (Å²) in [5, 5.41) is 2.51. The molecule has 0 spiro atoms. The number of benzene rings is 8. The first-order valence-corrected chi connectivity index (χ1v) is 16.1. The first-order valence-electron chi connectivity index (χ1n) is 16.1. The molecule has 0 aliphatic carbocycles. The van der Waals surface area contributed by atoms with E-state index in [0.29, 0.717) is 0 Å². The highest BCUT2D eigenvalue weighted by Gasteiger charge is 2.13. The van der Waals surface area contributed by atoms with Gasteiger partial charge in [-0.25, -0.2) is 0 Å². The van der Waals surface area contributed by atoms with Crippen LogP contribution < -0.4 is 4.90 Å². The molecule has 0 atom stereocenters. The van der Waals surface area contributed by atoms with E-state index >= 15 is 0 Å². The fourth-order valence-electron chi connectivity index (χ4n) is 6.44. The first-order chi connectivity index (χ1) is 23.3. The molecule has 222 valence electrons. The predicted octanol–water partition coefficient (Wildman–Crippen LogP) is 13.0. The summed E-state index contributed by atoms with van der Waals surface area (Å²) in [5.41, 5.74) is 13.1. The lowest BCUT2D eigenvalue weighted by Gasteiger charge is -2.26. The van der Waals surface area contributed by atoms with Gasteiger partial charge in [0, 0.05) is 17.1 Å². The lowest BCUT2D eigenvalue weighted by atomic mass is 9.95. The molecule has 0 amide bonds. The number of anilines is 3. The molecule has 1 heteroatoms. The van der Waals surface area contributed by atoms with Gasteiger partial charge in [0.15, 0.2) is 0 Å².